The smallest absolute Gasteiger partial charge is 0.237 e. The Labute approximate surface area is 117 Å². The van der Waals surface area contributed by atoms with Crippen LogP contribution in [0, 0.1) is 0 Å². The number of rotatable bonds is 2. The summed E-state index contributed by atoms with van der Waals surface area (Å²) in [6, 6.07) is 0.722. The van der Waals surface area contributed by atoms with Gasteiger partial charge in [0.25, 0.3) is 0 Å². The van der Waals surface area contributed by atoms with Gasteiger partial charge in [-0.05, 0) is 53.0 Å². The van der Waals surface area contributed by atoms with Gasteiger partial charge in [-0.3, -0.25) is 14.6 Å². The van der Waals surface area contributed by atoms with E-state index < -0.39 is 0 Å². The lowest BCUT2D eigenvalue weighted by atomic mass is 9.96. The van der Waals surface area contributed by atoms with Gasteiger partial charge in [0.05, 0.1) is 6.04 Å². The number of carbonyl (C=O) groups excluding carboxylic acids is 1. The second-order valence-corrected chi connectivity index (χ2v) is 6.90. The molecule has 1 N–H and O–H groups in total. The highest BCUT2D eigenvalue weighted by atomic mass is 16.2. The number of nitrogens with zero attached hydrogens (tertiary/aromatic N) is 2. The van der Waals surface area contributed by atoms with E-state index in [1.165, 1.54) is 12.8 Å². The summed E-state index contributed by atoms with van der Waals surface area (Å²) in [5, 5.41) is 2.82. The molecule has 2 saturated heterocycles. The van der Waals surface area contributed by atoms with E-state index in [-0.39, 0.29) is 17.5 Å². The lowest BCUT2D eigenvalue weighted by Crippen LogP contribution is -2.53. The molecule has 2 aliphatic rings. The summed E-state index contributed by atoms with van der Waals surface area (Å²) in [6.07, 6.45) is 4.59. The van der Waals surface area contributed by atoms with Crippen LogP contribution < -0.4 is 5.32 Å². The molecule has 2 fully saturated rings. The minimum atomic E-state index is 0.121. The van der Waals surface area contributed by atoms with Crippen LogP contribution in [-0.2, 0) is 4.79 Å². The average molecular weight is 267 g/mol. The molecule has 19 heavy (non-hydrogen) atoms. The number of likely N-dealkylation sites (tertiary alicyclic amines) is 2. The zero-order valence-electron chi connectivity index (χ0n) is 12.9. The van der Waals surface area contributed by atoms with Gasteiger partial charge in [0.1, 0.15) is 0 Å². The van der Waals surface area contributed by atoms with E-state index in [1.54, 1.807) is 7.05 Å². The molecular formula is C15H29N3O. The maximum atomic E-state index is 11.9. The fourth-order valence-corrected chi connectivity index (χ4v) is 3.54. The Morgan fingerprint density at radius 3 is 2.26 bits per heavy atom. The van der Waals surface area contributed by atoms with E-state index >= 15 is 0 Å². The molecule has 0 bridgehead atoms. The Hall–Kier alpha value is -0.610. The van der Waals surface area contributed by atoms with Crippen molar-refractivity contribution in [1.29, 1.82) is 0 Å². The second-order valence-electron chi connectivity index (χ2n) is 6.90. The maximum absolute atomic E-state index is 11.9. The normalized spacial score (nSPS) is 27.7. The van der Waals surface area contributed by atoms with Crippen molar-refractivity contribution in [3.8, 4) is 0 Å². The molecular weight excluding hydrogens is 238 g/mol. The predicted molar refractivity (Wildman–Crippen MR) is 78.1 cm³/mol. The third-order valence-corrected chi connectivity index (χ3v) is 4.73. The number of hydrogen-bond donors (Lipinski definition) is 1. The standard InChI is InChI=1S/C15H29N3O/c1-15(2,3)17-10-7-12(8-11-17)18-9-5-6-13(18)14(19)16-4/h12-13H,5-11H2,1-4H3,(H,16,19)/t13-/m0/s1. The maximum Gasteiger partial charge on any atom is 0.237 e. The van der Waals surface area contributed by atoms with Gasteiger partial charge in [0.15, 0.2) is 0 Å². The first-order valence-electron chi connectivity index (χ1n) is 7.66. The van der Waals surface area contributed by atoms with Crippen LogP contribution >= 0.6 is 0 Å². The quantitative estimate of drug-likeness (QED) is 0.823. The Kier molecular flexibility index (Phi) is 4.51. The van der Waals surface area contributed by atoms with Crippen LogP contribution in [0.25, 0.3) is 0 Å². The van der Waals surface area contributed by atoms with Crippen molar-refractivity contribution in [2.24, 2.45) is 0 Å². The third-order valence-electron chi connectivity index (χ3n) is 4.73. The number of hydrogen-bond acceptors (Lipinski definition) is 3. The largest absolute Gasteiger partial charge is 0.358 e. The molecule has 2 aliphatic heterocycles. The zero-order valence-corrected chi connectivity index (χ0v) is 12.9. The van der Waals surface area contributed by atoms with Gasteiger partial charge >= 0.3 is 0 Å². The van der Waals surface area contributed by atoms with Crippen molar-refractivity contribution < 1.29 is 4.79 Å². The molecule has 1 atom stereocenters. The van der Waals surface area contributed by atoms with Crippen molar-refractivity contribution >= 4 is 5.91 Å². The second kappa shape index (κ2) is 5.80. The lowest BCUT2D eigenvalue weighted by Gasteiger charge is -2.44. The summed E-state index contributed by atoms with van der Waals surface area (Å²) < 4.78 is 0. The average Bonchev–Trinajstić information content (AvgIpc) is 2.86. The first-order valence-corrected chi connectivity index (χ1v) is 7.66. The molecule has 1 amide bonds. The number of nitrogens with one attached hydrogen (secondary N) is 1. The van der Waals surface area contributed by atoms with Crippen molar-refractivity contribution in [2.45, 2.75) is 64.1 Å². The Bertz CT molecular complexity index is 316. The van der Waals surface area contributed by atoms with Crippen molar-refractivity contribution in [1.82, 2.24) is 15.1 Å². The highest BCUT2D eigenvalue weighted by Gasteiger charge is 2.37. The first kappa shape index (κ1) is 14.8. The molecule has 0 radical (unpaired) electrons. The predicted octanol–water partition coefficient (Wildman–Crippen LogP) is 1.46. The highest BCUT2D eigenvalue weighted by molar-refractivity contribution is 5.81. The van der Waals surface area contributed by atoms with Gasteiger partial charge in [-0.15, -0.1) is 0 Å². The zero-order chi connectivity index (χ0) is 14.0. The Morgan fingerprint density at radius 2 is 1.74 bits per heavy atom. The van der Waals surface area contributed by atoms with Crippen LogP contribution in [0.3, 0.4) is 0 Å². The molecule has 0 saturated carbocycles. The number of carbonyl (C=O) groups is 1. The minimum absolute atomic E-state index is 0.121. The van der Waals surface area contributed by atoms with Crippen LogP contribution in [0.2, 0.25) is 0 Å². The molecule has 2 heterocycles. The lowest BCUT2D eigenvalue weighted by molar-refractivity contribution is -0.126. The summed E-state index contributed by atoms with van der Waals surface area (Å²) >= 11 is 0. The van der Waals surface area contributed by atoms with Crippen molar-refractivity contribution in [3.63, 3.8) is 0 Å². The summed E-state index contributed by atoms with van der Waals surface area (Å²) in [5.74, 6) is 0.204. The van der Waals surface area contributed by atoms with E-state index in [2.05, 4.69) is 35.9 Å². The Morgan fingerprint density at radius 1 is 1.11 bits per heavy atom. The van der Waals surface area contributed by atoms with Crippen LogP contribution in [0.5, 0.6) is 0 Å². The van der Waals surface area contributed by atoms with E-state index in [0.717, 1.165) is 32.5 Å². The number of piperidine rings is 1. The molecule has 0 unspecified atom stereocenters. The van der Waals surface area contributed by atoms with E-state index in [1.807, 2.05) is 0 Å². The van der Waals surface area contributed by atoms with Gasteiger partial charge in [-0.25, -0.2) is 0 Å². The summed E-state index contributed by atoms with van der Waals surface area (Å²) in [6.45, 7) is 10.3. The molecule has 4 nitrogen and oxygen atoms in total. The van der Waals surface area contributed by atoms with Gasteiger partial charge < -0.3 is 5.32 Å². The van der Waals surface area contributed by atoms with Crippen molar-refractivity contribution in [2.75, 3.05) is 26.7 Å². The van der Waals surface area contributed by atoms with Crippen LogP contribution in [0.4, 0.5) is 0 Å². The van der Waals surface area contributed by atoms with E-state index in [9.17, 15) is 4.79 Å². The number of likely N-dealkylation sites (N-methyl/N-ethyl adjacent to an activating group) is 1. The molecule has 0 aliphatic carbocycles. The van der Waals surface area contributed by atoms with Crippen LogP contribution in [0.1, 0.15) is 46.5 Å². The van der Waals surface area contributed by atoms with Crippen LogP contribution in [-0.4, -0.2) is 60.0 Å². The van der Waals surface area contributed by atoms with Gasteiger partial charge in [-0.1, -0.05) is 0 Å². The fraction of sp³-hybridized carbons (Fsp3) is 0.933. The van der Waals surface area contributed by atoms with Crippen LogP contribution in [0.15, 0.2) is 0 Å². The molecule has 0 aromatic rings. The SMILES string of the molecule is CNC(=O)[C@@H]1CCCN1C1CCN(C(C)(C)C)CC1. The summed E-state index contributed by atoms with van der Waals surface area (Å²) in [4.78, 5) is 16.9. The number of amides is 1. The van der Waals surface area contributed by atoms with Gasteiger partial charge in [0, 0.05) is 31.7 Å². The van der Waals surface area contributed by atoms with E-state index in [0.29, 0.717) is 6.04 Å². The third kappa shape index (κ3) is 3.29. The molecule has 110 valence electrons. The fourth-order valence-electron chi connectivity index (χ4n) is 3.54. The van der Waals surface area contributed by atoms with Gasteiger partial charge in [-0.2, -0.15) is 0 Å². The van der Waals surface area contributed by atoms with E-state index in [4.69, 9.17) is 0 Å². The molecule has 2 rings (SSSR count). The topological polar surface area (TPSA) is 35.6 Å². The van der Waals surface area contributed by atoms with Crippen molar-refractivity contribution in [3.05, 3.63) is 0 Å². The minimum Gasteiger partial charge on any atom is -0.358 e. The first-order chi connectivity index (χ1) is 8.93. The summed E-state index contributed by atoms with van der Waals surface area (Å²) in [7, 11) is 1.75. The molecule has 0 aromatic carbocycles. The molecule has 0 spiro atoms. The Balaban J connectivity index is 1.92. The van der Waals surface area contributed by atoms with Gasteiger partial charge in [0.2, 0.25) is 5.91 Å². The molecule has 0 aromatic heterocycles. The molecule has 4 heteroatoms. The highest BCUT2D eigenvalue weighted by Crippen LogP contribution is 2.28. The summed E-state index contributed by atoms with van der Waals surface area (Å²) in [5.41, 5.74) is 0.274. The monoisotopic (exact) mass is 267 g/mol.